The van der Waals surface area contributed by atoms with Gasteiger partial charge in [0.1, 0.15) is 17.8 Å². The van der Waals surface area contributed by atoms with Crippen molar-refractivity contribution in [2.24, 2.45) is 22.7 Å². The fraction of sp³-hybridized carbons (Fsp3) is 0.800. The molecule has 3 N–H and O–H groups in total. The number of carbonyl (C=O) groups excluding carboxylic acids is 3. The lowest BCUT2D eigenvalue weighted by Gasteiger charge is -2.57. The minimum Gasteiger partial charge on any atom is -0.456 e. The summed E-state index contributed by atoms with van der Waals surface area (Å²) < 4.78 is 10.8. The van der Waals surface area contributed by atoms with E-state index in [1.54, 1.807) is 6.08 Å². The van der Waals surface area contributed by atoms with Gasteiger partial charge in [-0.15, -0.1) is 0 Å². The number of allylic oxidation sites excluding steroid dienone is 1. The first-order valence-corrected chi connectivity index (χ1v) is 12.2. The van der Waals surface area contributed by atoms with Gasteiger partial charge in [-0.1, -0.05) is 65.4 Å². The molecule has 0 aromatic heterocycles. The second-order valence-corrected chi connectivity index (χ2v) is 10.5. The highest BCUT2D eigenvalue weighted by molar-refractivity contribution is 5.87. The Hall–Kier alpha value is -1.77. The van der Waals surface area contributed by atoms with Gasteiger partial charge in [0, 0.05) is 0 Å². The number of hydrogen-bond donors (Lipinski definition) is 3. The molecule has 186 valence electrons. The monoisotopic (exact) mass is 466 g/mol. The van der Waals surface area contributed by atoms with Crippen LogP contribution in [0.1, 0.15) is 78.6 Å². The van der Waals surface area contributed by atoms with Gasteiger partial charge in [0.15, 0.2) is 6.10 Å². The van der Waals surface area contributed by atoms with Crippen molar-refractivity contribution >= 4 is 18.2 Å². The van der Waals surface area contributed by atoms with E-state index in [1.165, 1.54) is 0 Å². The van der Waals surface area contributed by atoms with Crippen molar-refractivity contribution in [1.82, 2.24) is 0 Å². The minimum absolute atomic E-state index is 0.197. The summed E-state index contributed by atoms with van der Waals surface area (Å²) in [5.41, 5.74) is -1.95. The van der Waals surface area contributed by atoms with E-state index in [1.807, 2.05) is 13.8 Å². The minimum atomic E-state index is -1.60. The Labute approximate surface area is 195 Å². The molecule has 3 aliphatic rings. The number of aliphatic hydroxyl groups excluding tert-OH is 3. The van der Waals surface area contributed by atoms with Crippen molar-refractivity contribution < 1.29 is 39.2 Å². The van der Waals surface area contributed by atoms with Crippen LogP contribution in [0.25, 0.3) is 0 Å². The van der Waals surface area contributed by atoms with Gasteiger partial charge in [0.2, 0.25) is 6.29 Å². The highest BCUT2D eigenvalue weighted by Gasteiger charge is 2.74. The maximum atomic E-state index is 13.2. The normalized spacial score (nSPS) is 35.6. The molecule has 1 saturated heterocycles. The molecule has 0 amide bonds. The highest BCUT2D eigenvalue weighted by Crippen LogP contribution is 2.64. The van der Waals surface area contributed by atoms with Crippen LogP contribution in [0.5, 0.6) is 0 Å². The van der Waals surface area contributed by atoms with Gasteiger partial charge in [-0.05, 0) is 36.2 Å². The molecule has 1 heterocycles. The first kappa shape index (κ1) is 25.8. The molecule has 8 heteroatoms. The van der Waals surface area contributed by atoms with Crippen molar-refractivity contribution in [3.8, 4) is 0 Å². The van der Waals surface area contributed by atoms with E-state index in [0.29, 0.717) is 19.1 Å². The molecule has 0 aromatic rings. The van der Waals surface area contributed by atoms with Gasteiger partial charge >= 0.3 is 11.9 Å². The smallest absolute Gasteiger partial charge is 0.335 e. The number of hydrogen-bond acceptors (Lipinski definition) is 8. The summed E-state index contributed by atoms with van der Waals surface area (Å²) in [4.78, 5) is 37.8. The molecule has 7 atom stereocenters. The third-order valence-electron chi connectivity index (χ3n) is 7.89. The fourth-order valence-corrected chi connectivity index (χ4v) is 6.32. The summed E-state index contributed by atoms with van der Waals surface area (Å²) in [6.45, 7) is 5.94. The zero-order valence-electron chi connectivity index (χ0n) is 19.9. The lowest BCUT2D eigenvalue weighted by atomic mass is 9.46. The van der Waals surface area contributed by atoms with Gasteiger partial charge in [0.05, 0.1) is 12.0 Å². The highest BCUT2D eigenvalue weighted by atomic mass is 16.6. The molecule has 2 aliphatic carbocycles. The molecule has 0 aromatic carbocycles. The summed E-state index contributed by atoms with van der Waals surface area (Å²) in [6, 6.07) is 0. The Morgan fingerprint density at radius 1 is 1.24 bits per heavy atom. The summed E-state index contributed by atoms with van der Waals surface area (Å²) in [7, 11) is 0. The Bertz CT molecular complexity index is 774. The Balaban J connectivity index is 1.82. The van der Waals surface area contributed by atoms with Crippen LogP contribution in [-0.2, 0) is 23.9 Å². The molecule has 1 spiro atoms. The maximum absolute atomic E-state index is 13.2. The molecule has 3 rings (SSSR count). The molecule has 33 heavy (non-hydrogen) atoms. The third-order valence-corrected chi connectivity index (χ3v) is 7.89. The van der Waals surface area contributed by atoms with Crippen LogP contribution in [0, 0.1) is 22.7 Å². The maximum Gasteiger partial charge on any atom is 0.335 e. The van der Waals surface area contributed by atoms with Gasteiger partial charge in [0.25, 0.3) is 0 Å². The van der Waals surface area contributed by atoms with Crippen LogP contribution < -0.4 is 0 Å². The third kappa shape index (κ3) is 4.62. The zero-order chi connectivity index (χ0) is 24.4. The molecule has 1 saturated carbocycles. The van der Waals surface area contributed by atoms with E-state index in [-0.39, 0.29) is 18.4 Å². The molecular formula is C25H38O8. The molecule has 0 bridgehead atoms. The SMILES string of the molecule is CCCCCCCCC(O)C(=O)OC1C(O)CC(C)(C)C2CC=C(C=O)C3C(O)OC(=O)C132. The van der Waals surface area contributed by atoms with E-state index < -0.39 is 59.2 Å². The molecule has 0 radical (unpaired) electrons. The van der Waals surface area contributed by atoms with E-state index in [4.69, 9.17) is 9.47 Å². The standard InChI is InChI=1S/C25H38O8/c1-4-5-6-7-8-9-10-16(27)21(29)32-20-17(28)13-24(2,3)18-12-11-15(14-26)19-22(30)33-23(31)25(18,19)20/h11,14,16-20,22,27-28,30H,4-10,12-13H2,1-3H3. The topological polar surface area (TPSA) is 130 Å². The van der Waals surface area contributed by atoms with Crippen LogP contribution in [0.4, 0.5) is 0 Å². The molecule has 7 unspecified atom stereocenters. The lowest BCUT2D eigenvalue weighted by molar-refractivity contribution is -0.215. The van der Waals surface area contributed by atoms with Crippen LogP contribution in [0.15, 0.2) is 11.6 Å². The van der Waals surface area contributed by atoms with Crippen molar-refractivity contribution in [2.45, 2.75) is 103 Å². The summed E-state index contributed by atoms with van der Waals surface area (Å²) in [5, 5.41) is 32.0. The average molecular weight is 467 g/mol. The first-order valence-electron chi connectivity index (χ1n) is 12.2. The summed E-state index contributed by atoms with van der Waals surface area (Å²) in [6.07, 6.45) is 3.59. The number of ether oxygens (including phenoxy) is 2. The molecule has 2 fully saturated rings. The quantitative estimate of drug-likeness (QED) is 0.254. The largest absolute Gasteiger partial charge is 0.456 e. The number of carbonyl (C=O) groups is 3. The van der Waals surface area contributed by atoms with E-state index in [2.05, 4.69) is 6.92 Å². The Morgan fingerprint density at radius 3 is 2.58 bits per heavy atom. The van der Waals surface area contributed by atoms with Crippen molar-refractivity contribution in [3.63, 3.8) is 0 Å². The summed E-state index contributed by atoms with van der Waals surface area (Å²) >= 11 is 0. The van der Waals surface area contributed by atoms with Crippen molar-refractivity contribution in [2.75, 3.05) is 0 Å². The van der Waals surface area contributed by atoms with Gasteiger partial charge in [-0.25, -0.2) is 4.79 Å². The Kier molecular flexibility index (Phi) is 8.02. The zero-order valence-corrected chi connectivity index (χ0v) is 19.9. The number of rotatable bonds is 10. The predicted octanol–water partition coefficient (Wildman–Crippen LogP) is 2.42. The van der Waals surface area contributed by atoms with Crippen LogP contribution in [-0.4, -0.2) is 58.1 Å². The van der Waals surface area contributed by atoms with Crippen LogP contribution in [0.3, 0.4) is 0 Å². The number of aldehydes is 1. The average Bonchev–Trinajstić information content (AvgIpc) is 3.02. The van der Waals surface area contributed by atoms with Gasteiger partial charge < -0.3 is 24.8 Å². The van der Waals surface area contributed by atoms with E-state index in [0.717, 1.165) is 32.1 Å². The van der Waals surface area contributed by atoms with Crippen molar-refractivity contribution in [1.29, 1.82) is 0 Å². The molecule has 8 nitrogen and oxygen atoms in total. The van der Waals surface area contributed by atoms with Gasteiger partial charge in [-0.3, -0.25) is 9.59 Å². The number of cyclic esters (lactones) is 1. The molecular weight excluding hydrogens is 428 g/mol. The number of aliphatic hydroxyl groups is 3. The lowest BCUT2D eigenvalue weighted by Crippen LogP contribution is -2.65. The first-order chi connectivity index (χ1) is 15.6. The number of unbranched alkanes of at least 4 members (excludes halogenated alkanes) is 5. The van der Waals surface area contributed by atoms with Crippen LogP contribution >= 0.6 is 0 Å². The van der Waals surface area contributed by atoms with Gasteiger partial charge in [-0.2, -0.15) is 0 Å². The van der Waals surface area contributed by atoms with Crippen molar-refractivity contribution in [3.05, 3.63) is 11.6 Å². The number of esters is 2. The molecule has 1 aliphatic heterocycles. The predicted molar refractivity (Wildman–Crippen MR) is 119 cm³/mol. The van der Waals surface area contributed by atoms with E-state index in [9.17, 15) is 29.7 Å². The van der Waals surface area contributed by atoms with Crippen LogP contribution in [0.2, 0.25) is 0 Å². The second-order valence-electron chi connectivity index (χ2n) is 10.5. The Morgan fingerprint density at radius 2 is 1.91 bits per heavy atom. The van der Waals surface area contributed by atoms with E-state index >= 15 is 0 Å². The fourth-order valence-electron chi connectivity index (χ4n) is 6.32. The summed E-state index contributed by atoms with van der Waals surface area (Å²) in [5.74, 6) is -3.17. The second kappa shape index (κ2) is 10.2.